The van der Waals surface area contributed by atoms with Crippen LogP contribution in [0.15, 0.2) is 36.7 Å². The summed E-state index contributed by atoms with van der Waals surface area (Å²) < 4.78 is 0. The number of amides is 1. The fourth-order valence-corrected chi connectivity index (χ4v) is 3.11. The van der Waals surface area contributed by atoms with Crippen LogP contribution in [-0.4, -0.2) is 33.0 Å². The van der Waals surface area contributed by atoms with Crippen LogP contribution in [0, 0.1) is 5.92 Å². The molecule has 2 aromatic heterocycles. The van der Waals surface area contributed by atoms with Gasteiger partial charge in [-0.1, -0.05) is 12.2 Å². The number of allylic oxidation sites excluding steroid dienone is 2. The zero-order valence-corrected chi connectivity index (χ0v) is 13.4. The van der Waals surface area contributed by atoms with Crippen LogP contribution in [0.4, 0.5) is 0 Å². The average Bonchev–Trinajstić information content (AvgIpc) is 2.80. The number of carbonyl (C=O) groups excluding carboxylic acids is 1. The molecule has 0 fully saturated rings. The summed E-state index contributed by atoms with van der Waals surface area (Å²) in [5, 5.41) is 12.2. The number of H-pyrrole nitrogens is 1. The maximum absolute atomic E-state index is 12.4. The molecule has 0 bridgehead atoms. The minimum atomic E-state index is -1.03. The first-order chi connectivity index (χ1) is 11.6. The number of aliphatic carboxylic acids is 1. The van der Waals surface area contributed by atoms with Crippen LogP contribution in [-0.2, 0) is 16.0 Å². The summed E-state index contributed by atoms with van der Waals surface area (Å²) >= 11 is 0. The number of fused-ring (bicyclic) bond motifs is 1. The molecule has 0 aromatic carbocycles. The number of carboxylic acid groups (broad SMARTS) is 1. The summed E-state index contributed by atoms with van der Waals surface area (Å²) in [7, 11) is 0. The molecule has 3 rings (SSSR count). The summed E-state index contributed by atoms with van der Waals surface area (Å²) in [4.78, 5) is 31.4. The molecule has 1 unspecified atom stereocenters. The van der Waals surface area contributed by atoms with Gasteiger partial charge in [-0.05, 0) is 43.4 Å². The average molecular weight is 327 g/mol. The minimum absolute atomic E-state index is 0.122. The lowest BCUT2D eigenvalue weighted by atomic mass is 9.98. The molecular formula is C18H21N3O3. The van der Waals surface area contributed by atoms with Crippen molar-refractivity contribution >= 4 is 22.9 Å². The van der Waals surface area contributed by atoms with Crippen LogP contribution in [0.1, 0.15) is 31.2 Å². The standard InChI is InChI=1S/C18H21N3O3/c22-17(12-6-3-1-2-4-7-12)21-15(18(23)24)10-13-11-20-14-8-5-9-19-16(13)14/h1-2,5,8-9,11-12,15,20H,3-4,6-7,10H2,(H,21,22)(H,23,24). The lowest BCUT2D eigenvalue weighted by Gasteiger charge is -2.19. The number of nitrogens with one attached hydrogen (secondary N) is 2. The Bertz CT molecular complexity index is 756. The van der Waals surface area contributed by atoms with E-state index >= 15 is 0 Å². The number of carbonyl (C=O) groups is 2. The molecule has 1 amide bonds. The highest BCUT2D eigenvalue weighted by Crippen LogP contribution is 2.20. The molecule has 24 heavy (non-hydrogen) atoms. The van der Waals surface area contributed by atoms with Gasteiger partial charge >= 0.3 is 5.97 Å². The van der Waals surface area contributed by atoms with E-state index in [1.54, 1.807) is 12.4 Å². The van der Waals surface area contributed by atoms with E-state index in [1.165, 1.54) is 0 Å². The summed E-state index contributed by atoms with van der Waals surface area (Å²) in [6.07, 6.45) is 11.1. The summed E-state index contributed by atoms with van der Waals surface area (Å²) in [5.41, 5.74) is 2.40. The molecule has 0 saturated heterocycles. The molecule has 6 nitrogen and oxygen atoms in total. The molecule has 6 heteroatoms. The van der Waals surface area contributed by atoms with E-state index in [0.29, 0.717) is 0 Å². The summed E-state index contributed by atoms with van der Waals surface area (Å²) in [6, 6.07) is 2.76. The van der Waals surface area contributed by atoms with Gasteiger partial charge in [0.15, 0.2) is 0 Å². The van der Waals surface area contributed by atoms with Gasteiger partial charge in [0.05, 0.1) is 11.0 Å². The third-order valence-electron chi connectivity index (χ3n) is 4.45. The van der Waals surface area contributed by atoms with Crippen molar-refractivity contribution in [3.63, 3.8) is 0 Å². The number of hydrogen-bond donors (Lipinski definition) is 3. The molecule has 126 valence electrons. The first kappa shape index (κ1) is 16.2. The fourth-order valence-electron chi connectivity index (χ4n) is 3.11. The number of nitrogens with zero attached hydrogens (tertiary/aromatic N) is 1. The van der Waals surface area contributed by atoms with E-state index in [9.17, 15) is 14.7 Å². The molecule has 0 radical (unpaired) electrons. The van der Waals surface area contributed by atoms with Gasteiger partial charge < -0.3 is 15.4 Å². The third-order valence-corrected chi connectivity index (χ3v) is 4.45. The predicted octanol–water partition coefficient (Wildman–Crippen LogP) is 2.42. The predicted molar refractivity (Wildman–Crippen MR) is 90.5 cm³/mol. The van der Waals surface area contributed by atoms with E-state index in [2.05, 4.69) is 27.4 Å². The van der Waals surface area contributed by atoms with E-state index < -0.39 is 12.0 Å². The van der Waals surface area contributed by atoms with Gasteiger partial charge in [-0.3, -0.25) is 9.78 Å². The second-order valence-electron chi connectivity index (χ2n) is 6.14. The molecular weight excluding hydrogens is 306 g/mol. The van der Waals surface area contributed by atoms with Crippen LogP contribution in [0.3, 0.4) is 0 Å². The maximum Gasteiger partial charge on any atom is 0.326 e. The molecule has 0 saturated carbocycles. The number of carboxylic acids is 1. The number of aromatic nitrogens is 2. The summed E-state index contributed by atoms with van der Waals surface area (Å²) in [5.74, 6) is -1.32. The van der Waals surface area contributed by atoms with Crippen LogP contribution in [0.5, 0.6) is 0 Å². The van der Waals surface area contributed by atoms with Gasteiger partial charge in [0.2, 0.25) is 5.91 Å². The summed E-state index contributed by atoms with van der Waals surface area (Å²) in [6.45, 7) is 0. The highest BCUT2D eigenvalue weighted by molar-refractivity contribution is 5.86. The largest absolute Gasteiger partial charge is 0.480 e. The minimum Gasteiger partial charge on any atom is -0.480 e. The molecule has 3 N–H and O–H groups in total. The topological polar surface area (TPSA) is 95.1 Å². The second kappa shape index (κ2) is 7.29. The Labute approximate surface area is 140 Å². The van der Waals surface area contributed by atoms with Crippen molar-refractivity contribution in [2.45, 2.75) is 38.1 Å². The SMILES string of the molecule is O=C(NC(Cc1c[nH]c2cccnc12)C(=O)O)C1CCC=CCC1. The fraction of sp³-hybridized carbons (Fsp3) is 0.389. The maximum atomic E-state index is 12.4. The van der Waals surface area contributed by atoms with E-state index in [-0.39, 0.29) is 18.2 Å². The molecule has 0 aliphatic heterocycles. The van der Waals surface area contributed by atoms with Crippen molar-refractivity contribution < 1.29 is 14.7 Å². The Morgan fingerprint density at radius 1 is 1.33 bits per heavy atom. The molecule has 1 aliphatic rings. The quantitative estimate of drug-likeness (QED) is 0.735. The highest BCUT2D eigenvalue weighted by Gasteiger charge is 2.26. The van der Waals surface area contributed by atoms with Crippen molar-refractivity contribution in [3.05, 3.63) is 42.2 Å². The van der Waals surface area contributed by atoms with Gasteiger partial charge in [-0.15, -0.1) is 0 Å². The third kappa shape index (κ3) is 3.64. The Balaban J connectivity index is 1.70. The van der Waals surface area contributed by atoms with Crippen LogP contribution in [0.2, 0.25) is 0 Å². The van der Waals surface area contributed by atoms with E-state index in [0.717, 1.165) is 42.3 Å². The number of rotatable bonds is 5. The van der Waals surface area contributed by atoms with Gasteiger partial charge in [0.1, 0.15) is 6.04 Å². The number of aromatic amines is 1. The van der Waals surface area contributed by atoms with Crippen molar-refractivity contribution in [2.24, 2.45) is 5.92 Å². The van der Waals surface area contributed by atoms with Gasteiger partial charge in [-0.25, -0.2) is 4.79 Å². The van der Waals surface area contributed by atoms with Crippen LogP contribution in [0.25, 0.3) is 11.0 Å². The lowest BCUT2D eigenvalue weighted by Crippen LogP contribution is -2.44. The normalized spacial score (nSPS) is 16.7. The molecule has 0 spiro atoms. The van der Waals surface area contributed by atoms with Crippen molar-refractivity contribution in [1.29, 1.82) is 0 Å². The van der Waals surface area contributed by atoms with Gasteiger partial charge in [0.25, 0.3) is 0 Å². The number of pyridine rings is 1. The van der Waals surface area contributed by atoms with Crippen LogP contribution < -0.4 is 5.32 Å². The molecule has 1 atom stereocenters. The Hall–Kier alpha value is -2.63. The second-order valence-corrected chi connectivity index (χ2v) is 6.14. The Kier molecular flexibility index (Phi) is 4.93. The molecule has 2 heterocycles. The first-order valence-electron chi connectivity index (χ1n) is 8.24. The lowest BCUT2D eigenvalue weighted by molar-refractivity contribution is -0.142. The zero-order chi connectivity index (χ0) is 16.9. The smallest absolute Gasteiger partial charge is 0.326 e. The van der Waals surface area contributed by atoms with Gasteiger partial charge in [0, 0.05) is 24.7 Å². The number of hydrogen-bond acceptors (Lipinski definition) is 3. The monoisotopic (exact) mass is 327 g/mol. The van der Waals surface area contributed by atoms with E-state index in [1.807, 2.05) is 12.1 Å². The highest BCUT2D eigenvalue weighted by atomic mass is 16.4. The molecule has 2 aromatic rings. The Morgan fingerprint density at radius 3 is 2.79 bits per heavy atom. The Morgan fingerprint density at radius 2 is 2.08 bits per heavy atom. The first-order valence-corrected chi connectivity index (χ1v) is 8.24. The molecule has 1 aliphatic carbocycles. The zero-order valence-electron chi connectivity index (χ0n) is 13.4. The van der Waals surface area contributed by atoms with Crippen LogP contribution >= 0.6 is 0 Å². The van der Waals surface area contributed by atoms with Crippen molar-refractivity contribution in [2.75, 3.05) is 0 Å². The van der Waals surface area contributed by atoms with E-state index in [4.69, 9.17) is 0 Å². The van der Waals surface area contributed by atoms with Crippen molar-refractivity contribution in [3.8, 4) is 0 Å². The van der Waals surface area contributed by atoms with Crippen molar-refractivity contribution in [1.82, 2.24) is 15.3 Å². The van der Waals surface area contributed by atoms with Gasteiger partial charge in [-0.2, -0.15) is 0 Å².